The van der Waals surface area contributed by atoms with Crippen LogP contribution in [0.5, 0.6) is 0 Å². The van der Waals surface area contributed by atoms with Gasteiger partial charge in [-0.15, -0.1) is 16.9 Å². The average molecular weight is 418 g/mol. The smallest absolute Gasteiger partial charge is 0.360 e. The Balaban J connectivity index is 1.75. The third kappa shape index (κ3) is 5.16. The van der Waals surface area contributed by atoms with Gasteiger partial charge in [-0.25, -0.2) is 9.48 Å². The van der Waals surface area contributed by atoms with Crippen LogP contribution in [-0.4, -0.2) is 64.3 Å². The molecule has 1 aliphatic heterocycles. The van der Waals surface area contributed by atoms with Gasteiger partial charge in [0.25, 0.3) is 0 Å². The molecular weight excluding hydrogens is 390 g/mol. The van der Waals surface area contributed by atoms with Gasteiger partial charge < -0.3 is 10.1 Å². The maximum Gasteiger partial charge on any atom is 0.360 e. The van der Waals surface area contributed by atoms with Crippen molar-refractivity contribution < 1.29 is 14.3 Å². The van der Waals surface area contributed by atoms with Crippen LogP contribution in [0.4, 0.5) is 5.69 Å². The second-order valence-corrected chi connectivity index (χ2v) is 8.43. The van der Waals surface area contributed by atoms with E-state index in [1.807, 2.05) is 30.5 Å². The number of benzene rings is 1. The highest BCUT2D eigenvalue weighted by atomic mass is 32.2. The Labute approximate surface area is 175 Å². The first-order chi connectivity index (χ1) is 13.9. The van der Waals surface area contributed by atoms with E-state index in [0.29, 0.717) is 18.9 Å². The van der Waals surface area contributed by atoms with Crippen molar-refractivity contribution in [2.24, 2.45) is 5.92 Å². The standard InChI is InChI=1S/C20H27N5O3S/c1-13(2)10-24-11-15(25-12-17(22-23-25)20(27)28-3)9-18(24)19(26)21-14-6-5-7-16(8-14)29-4/h5-8,12-13,15,18H,9-11H2,1-4H3,(H,21,26)/t15-,18+/m1/s1. The molecule has 0 radical (unpaired) electrons. The molecule has 0 unspecified atom stereocenters. The molecule has 0 bridgehead atoms. The third-order valence-electron chi connectivity index (χ3n) is 4.90. The van der Waals surface area contributed by atoms with Crippen LogP contribution in [0.2, 0.25) is 0 Å². The van der Waals surface area contributed by atoms with E-state index in [-0.39, 0.29) is 23.7 Å². The topological polar surface area (TPSA) is 89.4 Å². The summed E-state index contributed by atoms with van der Waals surface area (Å²) in [5.74, 6) is -0.124. The van der Waals surface area contributed by atoms with E-state index >= 15 is 0 Å². The molecule has 2 atom stereocenters. The number of thioether (sulfide) groups is 1. The first kappa shape index (κ1) is 21.3. The van der Waals surface area contributed by atoms with Crippen LogP contribution in [0.15, 0.2) is 35.4 Å². The van der Waals surface area contributed by atoms with Crippen LogP contribution in [0.25, 0.3) is 0 Å². The summed E-state index contributed by atoms with van der Waals surface area (Å²) in [7, 11) is 1.31. The highest BCUT2D eigenvalue weighted by molar-refractivity contribution is 7.98. The van der Waals surface area contributed by atoms with E-state index in [4.69, 9.17) is 4.74 Å². The number of aromatic nitrogens is 3. The van der Waals surface area contributed by atoms with Crippen molar-refractivity contribution in [3.8, 4) is 0 Å². The normalized spacial score (nSPS) is 19.5. The second kappa shape index (κ2) is 9.41. The fourth-order valence-corrected chi connectivity index (χ4v) is 4.05. The Hall–Kier alpha value is -2.39. The number of amides is 1. The lowest BCUT2D eigenvalue weighted by atomic mass is 10.1. The number of carbonyl (C=O) groups is 2. The van der Waals surface area contributed by atoms with Gasteiger partial charge in [-0.05, 0) is 36.8 Å². The molecule has 29 heavy (non-hydrogen) atoms. The summed E-state index contributed by atoms with van der Waals surface area (Å²) in [6, 6.07) is 7.52. The van der Waals surface area contributed by atoms with Crippen molar-refractivity contribution in [3.63, 3.8) is 0 Å². The first-order valence-corrected chi connectivity index (χ1v) is 10.8. The Bertz CT molecular complexity index is 869. The molecule has 0 aliphatic carbocycles. The van der Waals surface area contributed by atoms with Gasteiger partial charge in [0.05, 0.1) is 25.4 Å². The highest BCUT2D eigenvalue weighted by Crippen LogP contribution is 2.29. The van der Waals surface area contributed by atoms with E-state index in [1.165, 1.54) is 7.11 Å². The number of hydrogen-bond acceptors (Lipinski definition) is 7. The molecular formula is C20H27N5O3S. The van der Waals surface area contributed by atoms with Gasteiger partial charge in [-0.2, -0.15) is 0 Å². The lowest BCUT2D eigenvalue weighted by molar-refractivity contribution is -0.120. The van der Waals surface area contributed by atoms with Crippen LogP contribution in [0.1, 0.15) is 36.8 Å². The number of carbonyl (C=O) groups excluding carboxylic acids is 2. The van der Waals surface area contributed by atoms with Crippen LogP contribution in [0.3, 0.4) is 0 Å². The van der Waals surface area contributed by atoms with Gasteiger partial charge in [0, 0.05) is 23.7 Å². The number of ether oxygens (including phenoxy) is 1. The van der Waals surface area contributed by atoms with E-state index < -0.39 is 5.97 Å². The van der Waals surface area contributed by atoms with Crippen molar-refractivity contribution >= 4 is 29.3 Å². The van der Waals surface area contributed by atoms with E-state index in [0.717, 1.165) is 17.1 Å². The molecule has 156 valence electrons. The van der Waals surface area contributed by atoms with Crippen molar-refractivity contribution in [3.05, 3.63) is 36.2 Å². The maximum atomic E-state index is 13.1. The highest BCUT2D eigenvalue weighted by Gasteiger charge is 2.38. The molecule has 8 nitrogen and oxygen atoms in total. The predicted molar refractivity (Wildman–Crippen MR) is 112 cm³/mol. The van der Waals surface area contributed by atoms with Gasteiger partial charge in [0.1, 0.15) is 0 Å². The van der Waals surface area contributed by atoms with Crippen LogP contribution >= 0.6 is 11.8 Å². The van der Waals surface area contributed by atoms with Crippen molar-refractivity contribution in [2.45, 2.75) is 37.2 Å². The van der Waals surface area contributed by atoms with Crippen molar-refractivity contribution in [1.29, 1.82) is 0 Å². The second-order valence-electron chi connectivity index (χ2n) is 7.55. The molecule has 2 aromatic rings. The van der Waals surface area contributed by atoms with Crippen LogP contribution < -0.4 is 5.32 Å². The summed E-state index contributed by atoms with van der Waals surface area (Å²) >= 11 is 1.64. The Morgan fingerprint density at radius 2 is 2.17 bits per heavy atom. The molecule has 0 saturated carbocycles. The predicted octanol–water partition coefficient (Wildman–Crippen LogP) is 2.70. The monoisotopic (exact) mass is 417 g/mol. The minimum absolute atomic E-state index is 0.0280. The molecule has 1 amide bonds. The van der Waals surface area contributed by atoms with Gasteiger partial charge in [0.2, 0.25) is 5.91 Å². The lowest BCUT2D eigenvalue weighted by Crippen LogP contribution is -2.41. The quantitative estimate of drug-likeness (QED) is 0.547. The van der Waals surface area contributed by atoms with Crippen LogP contribution in [-0.2, 0) is 9.53 Å². The molecule has 0 spiro atoms. The molecule has 3 rings (SSSR count). The molecule has 1 saturated heterocycles. The summed E-state index contributed by atoms with van der Waals surface area (Å²) < 4.78 is 6.37. The fourth-order valence-electron chi connectivity index (χ4n) is 3.59. The molecule has 1 aromatic heterocycles. The molecule has 1 aliphatic rings. The Morgan fingerprint density at radius 3 is 2.86 bits per heavy atom. The molecule has 2 heterocycles. The lowest BCUT2D eigenvalue weighted by Gasteiger charge is -2.25. The number of rotatable bonds is 7. The van der Waals surface area contributed by atoms with E-state index in [2.05, 4.69) is 34.4 Å². The van der Waals surface area contributed by atoms with E-state index in [1.54, 1.807) is 22.6 Å². The number of anilines is 1. The SMILES string of the molecule is COC(=O)c1cn([C@@H]2C[C@@H](C(=O)Nc3cccc(SC)c3)N(CC(C)C)C2)nn1. The minimum atomic E-state index is -0.517. The van der Waals surface area contributed by atoms with Gasteiger partial charge in [-0.1, -0.05) is 25.1 Å². The number of nitrogens with one attached hydrogen (secondary N) is 1. The van der Waals surface area contributed by atoms with Crippen LogP contribution in [0, 0.1) is 5.92 Å². The number of methoxy groups -OCH3 is 1. The fraction of sp³-hybridized carbons (Fsp3) is 0.500. The zero-order valence-corrected chi connectivity index (χ0v) is 18.0. The first-order valence-electron chi connectivity index (χ1n) is 9.60. The number of hydrogen-bond donors (Lipinski definition) is 1. The molecule has 1 fully saturated rings. The maximum absolute atomic E-state index is 13.1. The molecule has 9 heteroatoms. The Kier molecular flexibility index (Phi) is 6.92. The summed E-state index contributed by atoms with van der Waals surface area (Å²) in [6.45, 7) is 5.74. The zero-order valence-electron chi connectivity index (χ0n) is 17.2. The summed E-state index contributed by atoms with van der Waals surface area (Å²) in [6.07, 6.45) is 4.20. The number of likely N-dealkylation sites (tertiary alicyclic amines) is 1. The van der Waals surface area contributed by atoms with Gasteiger partial charge >= 0.3 is 5.97 Å². The summed E-state index contributed by atoms with van der Waals surface area (Å²) in [5.41, 5.74) is 0.966. The number of nitrogens with zero attached hydrogens (tertiary/aromatic N) is 4. The number of esters is 1. The van der Waals surface area contributed by atoms with Gasteiger partial charge in [0.15, 0.2) is 5.69 Å². The molecule has 1 N–H and O–H groups in total. The van der Waals surface area contributed by atoms with E-state index in [9.17, 15) is 9.59 Å². The largest absolute Gasteiger partial charge is 0.464 e. The van der Waals surface area contributed by atoms with Gasteiger partial charge in [-0.3, -0.25) is 9.69 Å². The zero-order chi connectivity index (χ0) is 21.0. The van der Waals surface area contributed by atoms with Crippen molar-refractivity contribution in [2.75, 3.05) is 31.8 Å². The Morgan fingerprint density at radius 1 is 1.38 bits per heavy atom. The van der Waals surface area contributed by atoms with Crippen molar-refractivity contribution in [1.82, 2.24) is 19.9 Å². The summed E-state index contributed by atoms with van der Waals surface area (Å²) in [4.78, 5) is 28.0. The minimum Gasteiger partial charge on any atom is -0.464 e. The average Bonchev–Trinajstić information content (AvgIpc) is 3.34. The third-order valence-corrected chi connectivity index (χ3v) is 5.63. The summed E-state index contributed by atoms with van der Waals surface area (Å²) in [5, 5.41) is 11.0. The molecule has 1 aromatic carbocycles.